The van der Waals surface area contributed by atoms with Gasteiger partial charge in [-0.15, -0.1) is 0 Å². The highest BCUT2D eigenvalue weighted by Crippen LogP contribution is 2.46. The van der Waals surface area contributed by atoms with Crippen molar-refractivity contribution in [1.29, 1.82) is 0 Å². The lowest BCUT2D eigenvalue weighted by atomic mass is 10.1. The first-order chi connectivity index (χ1) is 16.0. The molecule has 0 radical (unpaired) electrons. The minimum absolute atomic E-state index is 0.144. The zero-order valence-electron chi connectivity index (χ0n) is 18.7. The van der Waals surface area contributed by atoms with E-state index in [0.29, 0.717) is 27.9 Å². The van der Waals surface area contributed by atoms with Gasteiger partial charge in [0.15, 0.2) is 0 Å². The highest BCUT2D eigenvalue weighted by atomic mass is 79.9. The van der Waals surface area contributed by atoms with E-state index in [9.17, 15) is 9.59 Å². The first-order valence-electron chi connectivity index (χ1n) is 11.4. The Morgan fingerprint density at radius 1 is 0.909 bits per heavy atom. The van der Waals surface area contributed by atoms with Crippen LogP contribution in [0.3, 0.4) is 0 Å². The predicted molar refractivity (Wildman–Crippen MR) is 144 cm³/mol. The predicted octanol–water partition coefficient (Wildman–Crippen LogP) is 6.93. The average molecular weight is 544 g/mol. The molecule has 2 aliphatic heterocycles. The smallest absolute Gasteiger partial charge is 0.267 e. The second-order valence-corrected chi connectivity index (χ2v) is 10.9. The summed E-state index contributed by atoms with van der Waals surface area (Å²) in [5.41, 5.74) is 3.11. The fraction of sp³-hybridized carbons (Fsp3) is 0.346. The Labute approximate surface area is 213 Å². The zero-order chi connectivity index (χ0) is 23.4. The Kier molecular flexibility index (Phi) is 8.04. The molecule has 2 aliphatic rings. The summed E-state index contributed by atoms with van der Waals surface area (Å²) >= 11 is 10.3. The van der Waals surface area contributed by atoms with E-state index in [-0.39, 0.29) is 11.8 Å². The Morgan fingerprint density at radius 3 is 2.39 bits per heavy atom. The van der Waals surface area contributed by atoms with Gasteiger partial charge >= 0.3 is 0 Å². The van der Waals surface area contributed by atoms with E-state index < -0.39 is 0 Å². The SMILES string of the molecule is CCCCCCCCN1C(=O)C(=C2C(=O)N(Cc3ccccc3)c3ccc(Br)cc32)SC1=S. The van der Waals surface area contributed by atoms with Crippen molar-refractivity contribution < 1.29 is 9.59 Å². The van der Waals surface area contributed by atoms with Crippen LogP contribution in [0.25, 0.3) is 5.57 Å². The summed E-state index contributed by atoms with van der Waals surface area (Å²) in [6.07, 6.45) is 6.89. The molecule has 0 spiro atoms. The fourth-order valence-electron chi connectivity index (χ4n) is 4.24. The van der Waals surface area contributed by atoms with Gasteiger partial charge in [-0.2, -0.15) is 0 Å². The van der Waals surface area contributed by atoms with Crippen molar-refractivity contribution >= 4 is 67.3 Å². The van der Waals surface area contributed by atoms with Gasteiger partial charge < -0.3 is 4.90 Å². The Balaban J connectivity index is 1.59. The summed E-state index contributed by atoms with van der Waals surface area (Å²) in [6, 6.07) is 15.7. The molecule has 1 fully saturated rings. The molecule has 2 amide bonds. The highest BCUT2D eigenvalue weighted by Gasteiger charge is 2.41. The molecule has 0 bridgehead atoms. The van der Waals surface area contributed by atoms with Crippen molar-refractivity contribution in [3.8, 4) is 0 Å². The standard InChI is InChI=1S/C26H27BrN2O2S2/c1-2-3-4-5-6-10-15-28-25(31)23(33-26(28)32)22-20-16-19(27)13-14-21(20)29(24(22)30)17-18-11-8-7-9-12-18/h7-9,11-14,16H,2-6,10,15,17H2,1H3. The normalized spacial score (nSPS) is 17.9. The number of thioether (sulfide) groups is 1. The van der Waals surface area contributed by atoms with Gasteiger partial charge in [0.1, 0.15) is 4.32 Å². The number of hydrogen-bond donors (Lipinski definition) is 0. The third kappa shape index (κ3) is 5.26. The molecule has 0 unspecified atom stereocenters. The molecule has 0 aromatic heterocycles. The number of carbonyl (C=O) groups excluding carboxylic acids is 2. The van der Waals surface area contributed by atoms with Crippen LogP contribution in [0.15, 0.2) is 57.9 Å². The first kappa shape index (κ1) is 24.2. The van der Waals surface area contributed by atoms with E-state index in [1.165, 1.54) is 37.4 Å². The second-order valence-electron chi connectivity index (χ2n) is 8.34. The molecule has 0 saturated carbocycles. The lowest BCUT2D eigenvalue weighted by molar-refractivity contribution is -0.122. The van der Waals surface area contributed by atoms with Crippen LogP contribution in [0, 0.1) is 0 Å². The molecular weight excluding hydrogens is 516 g/mol. The summed E-state index contributed by atoms with van der Waals surface area (Å²) in [5, 5.41) is 0. The van der Waals surface area contributed by atoms with Crippen LogP contribution in [0.2, 0.25) is 0 Å². The van der Waals surface area contributed by atoms with Crippen molar-refractivity contribution in [2.24, 2.45) is 0 Å². The maximum Gasteiger partial charge on any atom is 0.267 e. The number of fused-ring (bicyclic) bond motifs is 1. The topological polar surface area (TPSA) is 40.6 Å². The van der Waals surface area contributed by atoms with Gasteiger partial charge in [-0.05, 0) is 30.2 Å². The lowest BCUT2D eigenvalue weighted by Crippen LogP contribution is -2.30. The summed E-state index contributed by atoms with van der Waals surface area (Å²) in [5.74, 6) is -0.290. The van der Waals surface area contributed by atoms with E-state index in [2.05, 4.69) is 22.9 Å². The Hall–Kier alpha value is -1.96. The molecule has 2 heterocycles. The minimum Gasteiger partial charge on any atom is -0.303 e. The molecule has 0 atom stereocenters. The van der Waals surface area contributed by atoms with E-state index in [0.717, 1.165) is 34.1 Å². The maximum atomic E-state index is 13.6. The van der Waals surface area contributed by atoms with E-state index in [1.807, 2.05) is 48.5 Å². The molecule has 7 heteroatoms. The van der Waals surface area contributed by atoms with Crippen LogP contribution in [-0.4, -0.2) is 27.6 Å². The van der Waals surface area contributed by atoms with Crippen LogP contribution >= 0.6 is 39.9 Å². The third-order valence-electron chi connectivity index (χ3n) is 5.97. The van der Waals surface area contributed by atoms with Crippen LogP contribution in [0.5, 0.6) is 0 Å². The number of nitrogens with zero attached hydrogens (tertiary/aromatic N) is 2. The summed E-state index contributed by atoms with van der Waals surface area (Å²) in [6.45, 7) is 3.27. The number of hydrogen-bond acceptors (Lipinski definition) is 4. The maximum absolute atomic E-state index is 13.6. The highest BCUT2D eigenvalue weighted by molar-refractivity contribution is 9.10. The van der Waals surface area contributed by atoms with Crippen molar-refractivity contribution in [3.05, 3.63) is 69.0 Å². The summed E-state index contributed by atoms with van der Waals surface area (Å²) < 4.78 is 1.41. The van der Waals surface area contributed by atoms with E-state index in [1.54, 1.807) is 9.80 Å². The van der Waals surface area contributed by atoms with Crippen LogP contribution in [0.4, 0.5) is 5.69 Å². The van der Waals surface area contributed by atoms with E-state index in [4.69, 9.17) is 12.2 Å². The Morgan fingerprint density at radius 2 is 1.64 bits per heavy atom. The van der Waals surface area contributed by atoms with Gasteiger partial charge in [-0.25, -0.2) is 0 Å². The summed E-state index contributed by atoms with van der Waals surface area (Å²) in [7, 11) is 0. The van der Waals surface area contributed by atoms with Crippen LogP contribution in [-0.2, 0) is 16.1 Å². The number of amides is 2. The molecule has 4 nitrogen and oxygen atoms in total. The average Bonchev–Trinajstić information content (AvgIpc) is 3.23. The van der Waals surface area contributed by atoms with Crippen LogP contribution in [0.1, 0.15) is 56.6 Å². The number of unbranched alkanes of at least 4 members (excludes halogenated alkanes) is 5. The van der Waals surface area contributed by atoms with Gasteiger partial charge in [0, 0.05) is 16.6 Å². The molecule has 172 valence electrons. The van der Waals surface area contributed by atoms with Gasteiger partial charge in [-0.3, -0.25) is 14.5 Å². The first-order valence-corrected chi connectivity index (χ1v) is 13.5. The molecule has 1 saturated heterocycles. The molecule has 0 N–H and O–H groups in total. The quantitative estimate of drug-likeness (QED) is 0.195. The number of carbonyl (C=O) groups is 2. The van der Waals surface area contributed by atoms with Gasteiger partial charge in [-0.1, -0.05) is 109 Å². The molecule has 2 aromatic rings. The molecule has 4 rings (SSSR count). The number of anilines is 1. The number of benzene rings is 2. The van der Waals surface area contributed by atoms with Crippen molar-refractivity contribution in [1.82, 2.24) is 4.90 Å². The fourth-order valence-corrected chi connectivity index (χ4v) is 5.98. The second kappa shape index (κ2) is 11.0. The number of rotatable bonds is 9. The van der Waals surface area contributed by atoms with Gasteiger partial charge in [0.2, 0.25) is 0 Å². The molecular formula is C26H27BrN2O2S2. The van der Waals surface area contributed by atoms with Crippen molar-refractivity contribution in [2.75, 3.05) is 11.4 Å². The molecule has 0 aliphatic carbocycles. The summed E-state index contributed by atoms with van der Waals surface area (Å²) in [4.78, 5) is 30.8. The minimum atomic E-state index is -0.146. The number of thiocarbonyl (C=S) groups is 1. The third-order valence-corrected chi connectivity index (χ3v) is 7.91. The Bertz CT molecular complexity index is 1100. The number of halogens is 1. The molecule has 2 aromatic carbocycles. The van der Waals surface area contributed by atoms with Gasteiger partial charge in [0.25, 0.3) is 11.8 Å². The van der Waals surface area contributed by atoms with Crippen molar-refractivity contribution in [3.63, 3.8) is 0 Å². The monoisotopic (exact) mass is 542 g/mol. The zero-order valence-corrected chi connectivity index (χ0v) is 21.9. The van der Waals surface area contributed by atoms with Gasteiger partial charge in [0.05, 0.1) is 22.7 Å². The van der Waals surface area contributed by atoms with Crippen LogP contribution < -0.4 is 4.90 Å². The van der Waals surface area contributed by atoms with E-state index >= 15 is 0 Å². The lowest BCUT2D eigenvalue weighted by Gasteiger charge is -2.17. The largest absolute Gasteiger partial charge is 0.303 e. The molecule has 33 heavy (non-hydrogen) atoms. The van der Waals surface area contributed by atoms with Crippen molar-refractivity contribution in [2.45, 2.75) is 52.0 Å².